The Bertz CT molecular complexity index is 242. The Labute approximate surface area is 98.1 Å². The molecule has 0 aromatic carbocycles. The minimum atomic E-state index is -0.584. The van der Waals surface area contributed by atoms with Crippen LogP contribution in [0.4, 0.5) is 0 Å². The molecule has 1 spiro atoms. The first-order valence-electron chi connectivity index (χ1n) is 6.40. The summed E-state index contributed by atoms with van der Waals surface area (Å²) >= 11 is 0. The molecule has 2 aliphatic rings. The van der Waals surface area contributed by atoms with Gasteiger partial charge in [0.25, 0.3) is 0 Å². The van der Waals surface area contributed by atoms with E-state index < -0.39 is 5.60 Å². The molecule has 0 aliphatic carbocycles. The molecule has 0 bridgehead atoms. The summed E-state index contributed by atoms with van der Waals surface area (Å²) in [5, 5.41) is 10.6. The molecular formula is C13H24O3. The maximum atomic E-state index is 10.6. The monoisotopic (exact) mass is 228 g/mol. The highest BCUT2D eigenvalue weighted by Crippen LogP contribution is 2.42. The van der Waals surface area contributed by atoms with E-state index in [0.29, 0.717) is 12.5 Å². The first kappa shape index (κ1) is 12.3. The Hall–Kier alpha value is -0.120. The zero-order valence-corrected chi connectivity index (χ0v) is 10.7. The lowest BCUT2D eigenvalue weighted by Crippen LogP contribution is -2.49. The third kappa shape index (κ3) is 2.13. The third-order valence-corrected chi connectivity index (χ3v) is 4.56. The molecule has 2 heterocycles. The summed E-state index contributed by atoms with van der Waals surface area (Å²) in [5.41, 5.74) is -0.679. The molecule has 3 atom stereocenters. The Morgan fingerprint density at radius 1 is 1.38 bits per heavy atom. The van der Waals surface area contributed by atoms with Gasteiger partial charge in [-0.15, -0.1) is 0 Å². The van der Waals surface area contributed by atoms with Crippen LogP contribution >= 0.6 is 0 Å². The lowest BCUT2D eigenvalue weighted by molar-refractivity contribution is -0.149. The van der Waals surface area contributed by atoms with E-state index in [1.54, 1.807) is 0 Å². The van der Waals surface area contributed by atoms with E-state index >= 15 is 0 Å². The van der Waals surface area contributed by atoms with E-state index in [1.165, 1.54) is 0 Å². The van der Waals surface area contributed by atoms with Gasteiger partial charge in [0.1, 0.15) is 0 Å². The van der Waals surface area contributed by atoms with Crippen LogP contribution < -0.4 is 0 Å². The van der Waals surface area contributed by atoms with Gasteiger partial charge < -0.3 is 14.6 Å². The average molecular weight is 228 g/mol. The highest BCUT2D eigenvalue weighted by atomic mass is 16.6. The van der Waals surface area contributed by atoms with Crippen LogP contribution in [0.15, 0.2) is 0 Å². The van der Waals surface area contributed by atoms with Crippen molar-refractivity contribution in [1.82, 2.24) is 0 Å². The fourth-order valence-corrected chi connectivity index (χ4v) is 2.86. The van der Waals surface area contributed by atoms with Gasteiger partial charge in [0.05, 0.1) is 17.8 Å². The van der Waals surface area contributed by atoms with Gasteiger partial charge in [-0.05, 0) is 31.6 Å². The van der Waals surface area contributed by atoms with Crippen molar-refractivity contribution in [1.29, 1.82) is 0 Å². The summed E-state index contributed by atoms with van der Waals surface area (Å²) in [4.78, 5) is 0. The molecular weight excluding hydrogens is 204 g/mol. The van der Waals surface area contributed by atoms with Crippen LogP contribution in [0.5, 0.6) is 0 Å². The molecule has 0 amide bonds. The predicted molar refractivity (Wildman–Crippen MR) is 62.3 cm³/mol. The van der Waals surface area contributed by atoms with Gasteiger partial charge in [-0.2, -0.15) is 0 Å². The number of hydrogen-bond donors (Lipinski definition) is 1. The highest BCUT2D eigenvalue weighted by molar-refractivity contribution is 4.96. The van der Waals surface area contributed by atoms with Crippen molar-refractivity contribution in [3.05, 3.63) is 0 Å². The second-order valence-corrected chi connectivity index (χ2v) is 5.90. The summed E-state index contributed by atoms with van der Waals surface area (Å²) in [5.74, 6) is 0.623. The van der Waals surface area contributed by atoms with E-state index in [4.69, 9.17) is 9.47 Å². The molecule has 0 radical (unpaired) electrons. The molecule has 0 aromatic heterocycles. The number of hydrogen-bond acceptors (Lipinski definition) is 3. The molecule has 94 valence electrons. The molecule has 3 unspecified atom stereocenters. The smallest absolute Gasteiger partial charge is 0.0940 e. The van der Waals surface area contributed by atoms with E-state index in [1.807, 2.05) is 6.92 Å². The average Bonchev–Trinajstić information content (AvgIpc) is 2.66. The van der Waals surface area contributed by atoms with E-state index in [9.17, 15) is 5.11 Å². The minimum Gasteiger partial charge on any atom is -0.390 e. The number of rotatable bonds is 2. The molecule has 2 saturated heterocycles. The van der Waals surface area contributed by atoms with Crippen LogP contribution in [-0.4, -0.2) is 36.1 Å². The van der Waals surface area contributed by atoms with Crippen molar-refractivity contribution in [3.63, 3.8) is 0 Å². The number of aliphatic hydroxyl groups is 1. The standard InChI is InChI=1S/C13H24O3/c1-10(2)12(3,14)11-4-6-16-13(8-11)5-7-15-9-13/h10-11,14H,4-9H2,1-3H3. The van der Waals surface area contributed by atoms with Gasteiger partial charge in [-0.3, -0.25) is 0 Å². The molecule has 2 fully saturated rings. The van der Waals surface area contributed by atoms with E-state index in [0.717, 1.165) is 32.5 Å². The molecule has 2 rings (SSSR count). The Morgan fingerprint density at radius 2 is 2.12 bits per heavy atom. The van der Waals surface area contributed by atoms with Gasteiger partial charge in [-0.1, -0.05) is 13.8 Å². The summed E-state index contributed by atoms with van der Waals surface area (Å²) in [6.45, 7) is 8.42. The van der Waals surface area contributed by atoms with Crippen molar-refractivity contribution in [2.45, 2.75) is 51.2 Å². The largest absolute Gasteiger partial charge is 0.390 e. The molecule has 0 saturated carbocycles. The highest BCUT2D eigenvalue weighted by Gasteiger charge is 2.46. The van der Waals surface area contributed by atoms with Crippen LogP contribution in [0.3, 0.4) is 0 Å². The Kier molecular flexibility index (Phi) is 3.30. The van der Waals surface area contributed by atoms with Crippen molar-refractivity contribution < 1.29 is 14.6 Å². The van der Waals surface area contributed by atoms with Gasteiger partial charge in [0, 0.05) is 19.6 Å². The first-order valence-corrected chi connectivity index (χ1v) is 6.40. The maximum Gasteiger partial charge on any atom is 0.0940 e. The third-order valence-electron chi connectivity index (χ3n) is 4.56. The quantitative estimate of drug-likeness (QED) is 0.785. The van der Waals surface area contributed by atoms with Gasteiger partial charge in [0.15, 0.2) is 0 Å². The summed E-state index contributed by atoms with van der Waals surface area (Å²) in [6, 6.07) is 0. The Morgan fingerprint density at radius 3 is 2.69 bits per heavy atom. The second kappa shape index (κ2) is 4.28. The maximum absolute atomic E-state index is 10.6. The normalized spacial score (nSPS) is 39.2. The van der Waals surface area contributed by atoms with Gasteiger partial charge >= 0.3 is 0 Å². The van der Waals surface area contributed by atoms with Crippen molar-refractivity contribution >= 4 is 0 Å². The number of ether oxygens (including phenoxy) is 2. The van der Waals surface area contributed by atoms with E-state index in [2.05, 4.69) is 13.8 Å². The van der Waals surface area contributed by atoms with Crippen molar-refractivity contribution in [2.24, 2.45) is 11.8 Å². The lowest BCUT2D eigenvalue weighted by atomic mass is 9.71. The van der Waals surface area contributed by atoms with Crippen LogP contribution in [0.25, 0.3) is 0 Å². The van der Waals surface area contributed by atoms with Crippen LogP contribution in [0.1, 0.15) is 40.0 Å². The summed E-state index contributed by atoms with van der Waals surface area (Å²) in [7, 11) is 0. The van der Waals surface area contributed by atoms with Crippen LogP contribution in [-0.2, 0) is 9.47 Å². The lowest BCUT2D eigenvalue weighted by Gasteiger charge is -2.45. The molecule has 0 aromatic rings. The van der Waals surface area contributed by atoms with Crippen molar-refractivity contribution in [2.75, 3.05) is 19.8 Å². The fourth-order valence-electron chi connectivity index (χ4n) is 2.86. The van der Waals surface area contributed by atoms with Crippen LogP contribution in [0.2, 0.25) is 0 Å². The molecule has 3 heteroatoms. The predicted octanol–water partition coefficient (Wildman–Crippen LogP) is 1.98. The topological polar surface area (TPSA) is 38.7 Å². The zero-order valence-electron chi connectivity index (χ0n) is 10.7. The zero-order chi connectivity index (χ0) is 11.8. The van der Waals surface area contributed by atoms with Crippen LogP contribution in [0, 0.1) is 11.8 Å². The molecule has 3 nitrogen and oxygen atoms in total. The van der Waals surface area contributed by atoms with Gasteiger partial charge in [-0.25, -0.2) is 0 Å². The van der Waals surface area contributed by atoms with E-state index in [-0.39, 0.29) is 11.5 Å². The molecule has 1 N–H and O–H groups in total. The SMILES string of the molecule is CC(C)C(C)(O)C1CCOC2(CCOC2)C1. The van der Waals surface area contributed by atoms with Gasteiger partial charge in [0.2, 0.25) is 0 Å². The summed E-state index contributed by atoms with van der Waals surface area (Å²) in [6.07, 6.45) is 2.89. The minimum absolute atomic E-state index is 0.0954. The Balaban J connectivity index is 2.06. The first-order chi connectivity index (χ1) is 7.46. The van der Waals surface area contributed by atoms with Crippen molar-refractivity contribution in [3.8, 4) is 0 Å². The second-order valence-electron chi connectivity index (χ2n) is 5.90. The molecule has 16 heavy (non-hydrogen) atoms. The summed E-state index contributed by atoms with van der Waals surface area (Å²) < 4.78 is 11.3. The molecule has 2 aliphatic heterocycles. The fraction of sp³-hybridized carbons (Fsp3) is 1.00.